The molecular formula is C16H31N3O. The number of fused-ring (bicyclic) bond motifs is 2. The third kappa shape index (κ3) is 4.74. The minimum absolute atomic E-state index is 0.260. The van der Waals surface area contributed by atoms with Crippen molar-refractivity contribution in [2.75, 3.05) is 26.2 Å². The van der Waals surface area contributed by atoms with Crippen LogP contribution < -0.4 is 10.6 Å². The van der Waals surface area contributed by atoms with Crippen LogP contribution in [0.5, 0.6) is 0 Å². The molecule has 2 fully saturated rings. The fourth-order valence-corrected chi connectivity index (χ4v) is 3.75. The zero-order valence-corrected chi connectivity index (χ0v) is 13.2. The molecule has 2 unspecified atom stereocenters. The highest BCUT2D eigenvalue weighted by Crippen LogP contribution is 2.32. The monoisotopic (exact) mass is 281 g/mol. The summed E-state index contributed by atoms with van der Waals surface area (Å²) in [7, 11) is 0. The second-order valence-corrected chi connectivity index (χ2v) is 6.41. The van der Waals surface area contributed by atoms with Crippen molar-refractivity contribution in [3.63, 3.8) is 0 Å². The number of rotatable bonds is 8. The van der Waals surface area contributed by atoms with Gasteiger partial charge in [-0.3, -0.25) is 4.79 Å². The molecule has 2 N–H and O–H groups in total. The van der Waals surface area contributed by atoms with E-state index in [-0.39, 0.29) is 5.91 Å². The zero-order valence-electron chi connectivity index (χ0n) is 13.2. The second-order valence-electron chi connectivity index (χ2n) is 6.41. The topological polar surface area (TPSA) is 44.4 Å². The number of hydrogen-bond donors (Lipinski definition) is 2. The molecule has 2 bridgehead atoms. The van der Waals surface area contributed by atoms with Crippen molar-refractivity contribution in [3.05, 3.63) is 0 Å². The Hall–Kier alpha value is -0.610. The Morgan fingerprint density at radius 3 is 2.45 bits per heavy atom. The van der Waals surface area contributed by atoms with E-state index in [2.05, 4.69) is 29.4 Å². The van der Waals surface area contributed by atoms with Gasteiger partial charge in [0.25, 0.3) is 0 Å². The average molecular weight is 281 g/mol. The minimum Gasteiger partial charge on any atom is -0.356 e. The van der Waals surface area contributed by atoms with E-state index >= 15 is 0 Å². The van der Waals surface area contributed by atoms with Gasteiger partial charge in [-0.25, -0.2) is 0 Å². The Kier molecular flexibility index (Phi) is 6.30. The van der Waals surface area contributed by atoms with Crippen molar-refractivity contribution < 1.29 is 4.79 Å². The molecule has 0 aromatic carbocycles. The predicted octanol–water partition coefficient (Wildman–Crippen LogP) is 1.76. The highest BCUT2D eigenvalue weighted by Gasteiger charge is 2.33. The van der Waals surface area contributed by atoms with Crippen LogP contribution in [0.25, 0.3) is 0 Å². The lowest BCUT2D eigenvalue weighted by Gasteiger charge is -2.28. The number of nitrogens with zero attached hydrogens (tertiary/aromatic N) is 1. The number of nitrogens with one attached hydrogen (secondary N) is 2. The van der Waals surface area contributed by atoms with E-state index < -0.39 is 0 Å². The summed E-state index contributed by atoms with van der Waals surface area (Å²) in [6, 6.07) is 1.38. The number of piperidine rings is 1. The van der Waals surface area contributed by atoms with E-state index in [0.717, 1.165) is 39.0 Å². The number of amides is 1. The van der Waals surface area contributed by atoms with Gasteiger partial charge in [0.15, 0.2) is 0 Å². The molecule has 116 valence electrons. The molecule has 0 aliphatic carbocycles. The first-order valence-corrected chi connectivity index (χ1v) is 8.46. The Morgan fingerprint density at radius 1 is 1.20 bits per heavy atom. The molecule has 4 heteroatoms. The third-order valence-electron chi connectivity index (χ3n) is 4.91. The lowest BCUT2D eigenvalue weighted by molar-refractivity contribution is -0.122. The molecule has 2 heterocycles. The smallest absolute Gasteiger partial charge is 0.220 e. The molecule has 0 spiro atoms. The van der Waals surface area contributed by atoms with Crippen LogP contribution in [-0.2, 0) is 4.79 Å². The SMILES string of the molecule is CCN(CC)CCCNC(=O)CC1CC2CCC(C1)N2. The molecule has 2 aliphatic rings. The predicted molar refractivity (Wildman–Crippen MR) is 82.7 cm³/mol. The van der Waals surface area contributed by atoms with Crippen LogP contribution in [0.4, 0.5) is 0 Å². The largest absolute Gasteiger partial charge is 0.356 e. The number of hydrogen-bond acceptors (Lipinski definition) is 3. The van der Waals surface area contributed by atoms with E-state index in [1.807, 2.05) is 0 Å². The normalized spacial score (nSPS) is 28.9. The first-order chi connectivity index (χ1) is 9.71. The maximum Gasteiger partial charge on any atom is 0.220 e. The molecule has 2 saturated heterocycles. The minimum atomic E-state index is 0.260. The standard InChI is InChI=1S/C16H31N3O/c1-3-19(4-2)9-5-8-17-16(20)12-13-10-14-6-7-15(11-13)18-14/h13-15,18H,3-12H2,1-2H3,(H,17,20). The third-order valence-corrected chi connectivity index (χ3v) is 4.91. The maximum absolute atomic E-state index is 12.0. The van der Waals surface area contributed by atoms with Gasteiger partial charge < -0.3 is 15.5 Å². The average Bonchev–Trinajstić information content (AvgIpc) is 2.78. The van der Waals surface area contributed by atoms with Gasteiger partial charge in [-0.15, -0.1) is 0 Å². The number of carbonyl (C=O) groups is 1. The van der Waals surface area contributed by atoms with Gasteiger partial charge in [0, 0.05) is 25.0 Å². The van der Waals surface area contributed by atoms with Crippen LogP contribution in [-0.4, -0.2) is 49.1 Å². The summed E-state index contributed by atoms with van der Waals surface area (Å²) in [5.74, 6) is 0.868. The first-order valence-electron chi connectivity index (χ1n) is 8.46. The molecule has 0 radical (unpaired) electrons. The van der Waals surface area contributed by atoms with E-state index in [9.17, 15) is 4.79 Å². The van der Waals surface area contributed by atoms with Gasteiger partial charge in [0.1, 0.15) is 0 Å². The summed E-state index contributed by atoms with van der Waals surface area (Å²) in [4.78, 5) is 14.4. The van der Waals surface area contributed by atoms with Gasteiger partial charge in [0.2, 0.25) is 5.91 Å². The van der Waals surface area contributed by atoms with E-state index in [0.29, 0.717) is 18.0 Å². The summed E-state index contributed by atoms with van der Waals surface area (Å²) in [6.07, 6.45) is 6.82. The van der Waals surface area contributed by atoms with Crippen LogP contribution >= 0.6 is 0 Å². The Morgan fingerprint density at radius 2 is 1.85 bits per heavy atom. The van der Waals surface area contributed by atoms with Crippen molar-refractivity contribution in [1.82, 2.24) is 15.5 Å². The van der Waals surface area contributed by atoms with Crippen LogP contribution in [0.3, 0.4) is 0 Å². The Labute approximate surface area is 123 Å². The Bertz CT molecular complexity index is 292. The molecule has 1 amide bonds. The number of carbonyl (C=O) groups excluding carboxylic acids is 1. The summed E-state index contributed by atoms with van der Waals surface area (Å²) in [5, 5.41) is 6.73. The fourth-order valence-electron chi connectivity index (χ4n) is 3.75. The van der Waals surface area contributed by atoms with Crippen molar-refractivity contribution >= 4 is 5.91 Å². The van der Waals surface area contributed by atoms with Crippen LogP contribution in [0.15, 0.2) is 0 Å². The highest BCUT2D eigenvalue weighted by atomic mass is 16.1. The molecule has 0 aromatic heterocycles. The molecule has 2 aliphatic heterocycles. The summed E-state index contributed by atoms with van der Waals surface area (Å²) in [6.45, 7) is 8.49. The van der Waals surface area contributed by atoms with Crippen LogP contribution in [0.1, 0.15) is 52.4 Å². The molecule has 2 rings (SSSR count). The zero-order chi connectivity index (χ0) is 14.4. The molecule has 4 nitrogen and oxygen atoms in total. The van der Waals surface area contributed by atoms with Crippen LogP contribution in [0, 0.1) is 5.92 Å². The molecule has 0 saturated carbocycles. The van der Waals surface area contributed by atoms with Gasteiger partial charge in [-0.05, 0) is 57.7 Å². The quantitative estimate of drug-likeness (QED) is 0.666. The summed E-state index contributed by atoms with van der Waals surface area (Å²) in [5.41, 5.74) is 0. The summed E-state index contributed by atoms with van der Waals surface area (Å²) < 4.78 is 0. The van der Waals surface area contributed by atoms with E-state index in [1.165, 1.54) is 25.7 Å². The van der Waals surface area contributed by atoms with Gasteiger partial charge in [-0.2, -0.15) is 0 Å². The molecule has 2 atom stereocenters. The fraction of sp³-hybridized carbons (Fsp3) is 0.938. The second kappa shape index (κ2) is 7.99. The van der Waals surface area contributed by atoms with Crippen molar-refractivity contribution in [3.8, 4) is 0 Å². The maximum atomic E-state index is 12.0. The van der Waals surface area contributed by atoms with Crippen molar-refractivity contribution in [2.45, 2.75) is 64.5 Å². The van der Waals surface area contributed by atoms with Gasteiger partial charge in [-0.1, -0.05) is 13.8 Å². The first kappa shape index (κ1) is 15.8. The summed E-state index contributed by atoms with van der Waals surface area (Å²) >= 11 is 0. The highest BCUT2D eigenvalue weighted by molar-refractivity contribution is 5.76. The molecule has 20 heavy (non-hydrogen) atoms. The van der Waals surface area contributed by atoms with Crippen molar-refractivity contribution in [2.24, 2.45) is 5.92 Å². The van der Waals surface area contributed by atoms with Gasteiger partial charge >= 0.3 is 0 Å². The van der Waals surface area contributed by atoms with Crippen LogP contribution in [0.2, 0.25) is 0 Å². The molecule has 0 aromatic rings. The lowest BCUT2D eigenvalue weighted by Crippen LogP contribution is -2.40. The molecular weight excluding hydrogens is 250 g/mol. The van der Waals surface area contributed by atoms with E-state index in [1.54, 1.807) is 0 Å². The van der Waals surface area contributed by atoms with E-state index in [4.69, 9.17) is 0 Å². The lowest BCUT2D eigenvalue weighted by atomic mass is 9.89. The van der Waals surface area contributed by atoms with Gasteiger partial charge in [0.05, 0.1) is 0 Å². The Balaban J connectivity index is 1.56. The van der Waals surface area contributed by atoms with Crippen molar-refractivity contribution in [1.29, 1.82) is 0 Å².